The maximum atomic E-state index is 11.8. The van der Waals surface area contributed by atoms with E-state index < -0.39 is 5.60 Å². The first-order valence-corrected chi connectivity index (χ1v) is 5.98. The minimum absolute atomic E-state index is 0.0350. The summed E-state index contributed by atoms with van der Waals surface area (Å²) in [5, 5.41) is 12.6. The van der Waals surface area contributed by atoms with Gasteiger partial charge in [0.05, 0.1) is 12.1 Å². The number of carbonyl (C=O) groups excluding carboxylic acids is 2. The van der Waals surface area contributed by atoms with Gasteiger partial charge < -0.3 is 15.3 Å². The molecule has 2 N–H and O–H groups in total. The van der Waals surface area contributed by atoms with E-state index in [9.17, 15) is 14.7 Å². The molecule has 0 unspecified atom stereocenters. The van der Waals surface area contributed by atoms with Crippen LogP contribution in [0.15, 0.2) is 24.3 Å². The number of nitrogens with one attached hydrogen (secondary N) is 1. The number of aliphatic hydroxyl groups is 1. The lowest BCUT2D eigenvalue weighted by Crippen LogP contribution is -2.51. The van der Waals surface area contributed by atoms with Crippen LogP contribution in [0.2, 0.25) is 0 Å². The number of hydrogen-bond acceptors (Lipinski definition) is 3. The van der Waals surface area contributed by atoms with E-state index in [0.717, 1.165) is 18.4 Å². The number of carbonyl (C=O) groups is 2. The largest absolute Gasteiger partial charge is 0.385 e. The van der Waals surface area contributed by atoms with Crippen molar-refractivity contribution in [2.45, 2.75) is 18.4 Å². The van der Waals surface area contributed by atoms with Crippen molar-refractivity contribution in [3.8, 4) is 0 Å². The summed E-state index contributed by atoms with van der Waals surface area (Å²) in [6.07, 6.45) is 1.51. The van der Waals surface area contributed by atoms with Crippen molar-refractivity contribution in [3.05, 3.63) is 29.8 Å². The first-order chi connectivity index (χ1) is 8.58. The minimum Gasteiger partial charge on any atom is -0.385 e. The van der Waals surface area contributed by atoms with Crippen molar-refractivity contribution in [2.24, 2.45) is 0 Å². The van der Waals surface area contributed by atoms with Crippen LogP contribution in [0.1, 0.15) is 18.4 Å². The van der Waals surface area contributed by atoms with E-state index in [-0.39, 0.29) is 24.9 Å². The highest BCUT2D eigenvalue weighted by molar-refractivity contribution is 6.04. The second kappa shape index (κ2) is 3.81. The van der Waals surface area contributed by atoms with E-state index in [0.29, 0.717) is 5.69 Å². The molecule has 0 atom stereocenters. The van der Waals surface area contributed by atoms with E-state index in [1.54, 1.807) is 18.2 Å². The van der Waals surface area contributed by atoms with E-state index in [1.165, 1.54) is 4.90 Å². The Kier molecular flexibility index (Phi) is 2.38. The monoisotopic (exact) mass is 246 g/mol. The molecule has 0 radical (unpaired) electrons. The first-order valence-electron chi connectivity index (χ1n) is 5.98. The summed E-state index contributed by atoms with van der Waals surface area (Å²) in [7, 11) is 0. The van der Waals surface area contributed by atoms with Crippen molar-refractivity contribution in [1.82, 2.24) is 5.32 Å². The van der Waals surface area contributed by atoms with E-state index in [4.69, 9.17) is 0 Å². The summed E-state index contributed by atoms with van der Waals surface area (Å²) in [4.78, 5) is 24.6. The molecule has 2 amide bonds. The minimum atomic E-state index is -0.725. The molecule has 1 aliphatic carbocycles. The van der Waals surface area contributed by atoms with Gasteiger partial charge in [-0.2, -0.15) is 0 Å². The Morgan fingerprint density at radius 1 is 1.28 bits per heavy atom. The molecule has 0 bridgehead atoms. The Balaban J connectivity index is 1.91. The third-order valence-corrected chi connectivity index (χ3v) is 3.46. The predicted molar refractivity (Wildman–Crippen MR) is 64.9 cm³/mol. The third-order valence-electron chi connectivity index (χ3n) is 3.46. The van der Waals surface area contributed by atoms with Crippen LogP contribution in [0.3, 0.4) is 0 Å². The maximum absolute atomic E-state index is 11.8. The standard InChI is InChI=1S/C13H14N2O3/c16-11-8-15(12(17)7-14-11)10-3-1-2-9(6-10)13(18)4-5-13/h1-3,6,18H,4-5,7-8H2,(H,14,16). The normalized spacial score (nSPS) is 21.7. The van der Waals surface area contributed by atoms with Crippen LogP contribution in [0.4, 0.5) is 5.69 Å². The molecule has 1 saturated heterocycles. The summed E-state index contributed by atoms with van der Waals surface area (Å²) >= 11 is 0. The van der Waals surface area contributed by atoms with Crippen molar-refractivity contribution in [2.75, 3.05) is 18.0 Å². The molecule has 1 aliphatic heterocycles. The lowest BCUT2D eigenvalue weighted by atomic mass is 10.1. The van der Waals surface area contributed by atoms with Gasteiger partial charge in [-0.3, -0.25) is 9.59 Å². The van der Waals surface area contributed by atoms with Gasteiger partial charge in [-0.05, 0) is 30.5 Å². The van der Waals surface area contributed by atoms with Gasteiger partial charge in [0.1, 0.15) is 6.54 Å². The van der Waals surface area contributed by atoms with Crippen molar-refractivity contribution in [1.29, 1.82) is 0 Å². The highest BCUT2D eigenvalue weighted by atomic mass is 16.3. The van der Waals surface area contributed by atoms with E-state index in [1.807, 2.05) is 6.07 Å². The SMILES string of the molecule is O=C1CN(c2cccc(C3(O)CC3)c2)C(=O)CN1. The molecule has 1 aromatic carbocycles. The lowest BCUT2D eigenvalue weighted by Gasteiger charge is -2.27. The smallest absolute Gasteiger partial charge is 0.246 e. The number of nitrogens with zero attached hydrogens (tertiary/aromatic N) is 1. The molecular weight excluding hydrogens is 232 g/mol. The molecule has 2 fully saturated rings. The van der Waals surface area contributed by atoms with Gasteiger partial charge in [-0.25, -0.2) is 0 Å². The average molecular weight is 246 g/mol. The summed E-state index contributed by atoms with van der Waals surface area (Å²) < 4.78 is 0. The van der Waals surface area contributed by atoms with Gasteiger partial charge in [-0.1, -0.05) is 12.1 Å². The molecule has 1 aromatic rings. The zero-order chi connectivity index (χ0) is 12.8. The fourth-order valence-electron chi connectivity index (χ4n) is 2.16. The van der Waals surface area contributed by atoms with Gasteiger partial charge >= 0.3 is 0 Å². The molecule has 1 heterocycles. The Morgan fingerprint density at radius 3 is 2.78 bits per heavy atom. The van der Waals surface area contributed by atoms with Crippen LogP contribution in [-0.2, 0) is 15.2 Å². The van der Waals surface area contributed by atoms with Crippen molar-refractivity contribution in [3.63, 3.8) is 0 Å². The van der Waals surface area contributed by atoms with Gasteiger partial charge in [0.2, 0.25) is 11.8 Å². The van der Waals surface area contributed by atoms with Gasteiger partial charge in [0.25, 0.3) is 0 Å². The number of rotatable bonds is 2. The van der Waals surface area contributed by atoms with Gasteiger partial charge in [0.15, 0.2) is 0 Å². The van der Waals surface area contributed by atoms with Gasteiger partial charge in [-0.15, -0.1) is 0 Å². The Bertz CT molecular complexity index is 523. The zero-order valence-electron chi connectivity index (χ0n) is 9.85. The molecule has 18 heavy (non-hydrogen) atoms. The van der Waals surface area contributed by atoms with Crippen molar-refractivity contribution < 1.29 is 14.7 Å². The Hall–Kier alpha value is -1.88. The molecule has 0 spiro atoms. The van der Waals surface area contributed by atoms with Crippen LogP contribution < -0.4 is 10.2 Å². The highest BCUT2D eigenvalue weighted by Gasteiger charge is 2.42. The number of piperazine rings is 1. The quantitative estimate of drug-likeness (QED) is 0.779. The Labute approximate surface area is 104 Å². The second-order valence-corrected chi connectivity index (χ2v) is 4.84. The maximum Gasteiger partial charge on any atom is 0.246 e. The summed E-state index contributed by atoms with van der Waals surface area (Å²) in [6.45, 7) is 0.0774. The fourth-order valence-corrected chi connectivity index (χ4v) is 2.16. The van der Waals surface area contributed by atoms with Crippen LogP contribution in [0.5, 0.6) is 0 Å². The topological polar surface area (TPSA) is 69.6 Å². The number of anilines is 1. The Morgan fingerprint density at radius 2 is 2.06 bits per heavy atom. The molecule has 2 aliphatic rings. The van der Waals surface area contributed by atoms with E-state index >= 15 is 0 Å². The van der Waals surface area contributed by atoms with E-state index in [2.05, 4.69) is 5.32 Å². The van der Waals surface area contributed by atoms with Crippen LogP contribution in [0, 0.1) is 0 Å². The van der Waals surface area contributed by atoms with Crippen LogP contribution in [-0.4, -0.2) is 30.0 Å². The molecule has 5 heteroatoms. The molecule has 3 rings (SSSR count). The summed E-state index contributed by atoms with van der Waals surface area (Å²) in [6, 6.07) is 7.24. The predicted octanol–water partition coefficient (Wildman–Crippen LogP) is 0.131. The first kappa shape index (κ1) is 11.2. The second-order valence-electron chi connectivity index (χ2n) is 4.84. The average Bonchev–Trinajstić information content (AvgIpc) is 3.12. The number of benzene rings is 1. The third kappa shape index (κ3) is 1.86. The molecule has 0 aromatic heterocycles. The molecular formula is C13H14N2O3. The van der Waals surface area contributed by atoms with Gasteiger partial charge in [0, 0.05) is 5.69 Å². The number of hydrogen-bond donors (Lipinski definition) is 2. The zero-order valence-corrected chi connectivity index (χ0v) is 9.85. The molecule has 1 saturated carbocycles. The summed E-state index contributed by atoms with van der Waals surface area (Å²) in [5.41, 5.74) is 0.767. The molecule has 5 nitrogen and oxygen atoms in total. The highest BCUT2D eigenvalue weighted by Crippen LogP contribution is 2.45. The molecule has 94 valence electrons. The lowest BCUT2D eigenvalue weighted by molar-refractivity contribution is -0.128. The van der Waals surface area contributed by atoms with Crippen LogP contribution >= 0.6 is 0 Å². The van der Waals surface area contributed by atoms with Crippen molar-refractivity contribution >= 4 is 17.5 Å². The summed E-state index contributed by atoms with van der Waals surface area (Å²) in [5.74, 6) is -0.292. The number of amides is 2. The van der Waals surface area contributed by atoms with Crippen LogP contribution in [0.25, 0.3) is 0 Å². The fraction of sp³-hybridized carbons (Fsp3) is 0.385.